The van der Waals surface area contributed by atoms with Crippen molar-refractivity contribution in [2.24, 2.45) is 0 Å². The molecule has 5 nitrogen and oxygen atoms in total. The van der Waals surface area contributed by atoms with Gasteiger partial charge in [0.1, 0.15) is 17.4 Å². The lowest BCUT2D eigenvalue weighted by atomic mass is 9.98. The molecule has 5 heteroatoms. The summed E-state index contributed by atoms with van der Waals surface area (Å²) in [6, 6.07) is 6.67. The van der Waals surface area contributed by atoms with Crippen LogP contribution in [0.5, 0.6) is 5.75 Å². The van der Waals surface area contributed by atoms with Crippen molar-refractivity contribution in [3.05, 3.63) is 40.2 Å². The fourth-order valence-electron chi connectivity index (χ4n) is 3.07. The van der Waals surface area contributed by atoms with Crippen LogP contribution in [0.15, 0.2) is 33.5 Å². The summed E-state index contributed by atoms with van der Waals surface area (Å²) >= 11 is 0. The molecule has 0 radical (unpaired) electrons. The highest BCUT2D eigenvalue weighted by Crippen LogP contribution is 2.24. The first kappa shape index (κ1) is 16.6. The van der Waals surface area contributed by atoms with E-state index < -0.39 is 11.7 Å². The predicted octanol–water partition coefficient (Wildman–Crippen LogP) is 3.74. The van der Waals surface area contributed by atoms with Gasteiger partial charge in [-0.3, -0.25) is 0 Å². The van der Waals surface area contributed by atoms with Gasteiger partial charge in [0.15, 0.2) is 6.10 Å². The van der Waals surface area contributed by atoms with Crippen molar-refractivity contribution in [1.29, 1.82) is 0 Å². The summed E-state index contributed by atoms with van der Waals surface area (Å²) in [4.78, 5) is 23.7. The molecule has 0 spiro atoms. The van der Waals surface area contributed by atoms with Crippen LogP contribution in [-0.4, -0.2) is 18.2 Å². The van der Waals surface area contributed by atoms with E-state index in [9.17, 15) is 9.59 Å². The van der Waals surface area contributed by atoms with Gasteiger partial charge in [-0.25, -0.2) is 9.59 Å². The largest absolute Gasteiger partial charge is 0.479 e. The first-order chi connectivity index (χ1) is 11.5. The van der Waals surface area contributed by atoms with E-state index in [0.717, 1.165) is 36.6 Å². The van der Waals surface area contributed by atoms with Crippen LogP contribution in [0.1, 0.15) is 44.6 Å². The third-order valence-electron chi connectivity index (χ3n) is 4.40. The smallest absolute Gasteiger partial charge is 0.347 e. The molecule has 128 valence electrons. The Morgan fingerprint density at radius 1 is 1.21 bits per heavy atom. The number of aryl methyl sites for hydroxylation is 1. The van der Waals surface area contributed by atoms with E-state index in [2.05, 4.69) is 0 Å². The van der Waals surface area contributed by atoms with Gasteiger partial charge in [-0.05, 0) is 57.2 Å². The Bertz CT molecular complexity index is 786. The Labute approximate surface area is 140 Å². The van der Waals surface area contributed by atoms with Crippen molar-refractivity contribution in [1.82, 2.24) is 0 Å². The van der Waals surface area contributed by atoms with Crippen LogP contribution in [0.4, 0.5) is 0 Å². The first-order valence-electron chi connectivity index (χ1n) is 8.44. The maximum absolute atomic E-state index is 12.2. The van der Waals surface area contributed by atoms with Crippen molar-refractivity contribution < 1.29 is 18.7 Å². The number of carbonyl (C=O) groups excluding carboxylic acids is 1. The van der Waals surface area contributed by atoms with Crippen LogP contribution in [0.25, 0.3) is 11.0 Å². The molecule has 0 bridgehead atoms. The molecule has 2 aromatic rings. The third-order valence-corrected chi connectivity index (χ3v) is 4.40. The maximum Gasteiger partial charge on any atom is 0.347 e. The Hall–Kier alpha value is -2.30. The Morgan fingerprint density at radius 2 is 1.96 bits per heavy atom. The van der Waals surface area contributed by atoms with Crippen molar-refractivity contribution in [2.75, 3.05) is 0 Å². The highest BCUT2D eigenvalue weighted by atomic mass is 16.6. The second kappa shape index (κ2) is 7.07. The van der Waals surface area contributed by atoms with E-state index in [1.54, 1.807) is 19.1 Å². The number of hydrogen-bond donors (Lipinski definition) is 0. The molecule has 1 aromatic heterocycles. The van der Waals surface area contributed by atoms with Gasteiger partial charge in [0.05, 0.1) is 0 Å². The summed E-state index contributed by atoms with van der Waals surface area (Å²) in [6.45, 7) is 3.52. The molecule has 0 N–H and O–H groups in total. The molecule has 3 rings (SSSR count). The minimum atomic E-state index is -0.707. The van der Waals surface area contributed by atoms with Gasteiger partial charge < -0.3 is 13.9 Å². The minimum absolute atomic E-state index is 0.00887. The SMILES string of the molecule is Cc1cc(=O)oc2cc(O[C@@H](C)C(=O)OC3CCCCC3)ccc12. The average Bonchev–Trinajstić information content (AvgIpc) is 2.55. The summed E-state index contributed by atoms with van der Waals surface area (Å²) in [5.41, 5.74) is 0.893. The van der Waals surface area contributed by atoms with Crippen molar-refractivity contribution >= 4 is 16.9 Å². The molecule has 0 saturated heterocycles. The number of esters is 1. The fraction of sp³-hybridized carbons (Fsp3) is 0.474. The minimum Gasteiger partial charge on any atom is -0.479 e. The van der Waals surface area contributed by atoms with E-state index in [-0.39, 0.29) is 12.1 Å². The number of hydrogen-bond acceptors (Lipinski definition) is 5. The maximum atomic E-state index is 12.2. The van der Waals surface area contributed by atoms with Crippen LogP contribution in [-0.2, 0) is 9.53 Å². The molecule has 0 unspecified atom stereocenters. The normalized spacial score (nSPS) is 16.8. The zero-order chi connectivity index (χ0) is 17.1. The molecule has 24 heavy (non-hydrogen) atoms. The molecule has 1 fully saturated rings. The second-order valence-electron chi connectivity index (χ2n) is 6.36. The highest BCUT2D eigenvalue weighted by molar-refractivity contribution is 5.81. The monoisotopic (exact) mass is 330 g/mol. The summed E-state index contributed by atoms with van der Waals surface area (Å²) in [5, 5.41) is 0.847. The molecule has 1 aliphatic carbocycles. The zero-order valence-electron chi connectivity index (χ0n) is 14.0. The topological polar surface area (TPSA) is 65.7 Å². The van der Waals surface area contributed by atoms with Crippen LogP contribution >= 0.6 is 0 Å². The fourth-order valence-corrected chi connectivity index (χ4v) is 3.07. The third kappa shape index (κ3) is 3.78. The van der Waals surface area contributed by atoms with E-state index >= 15 is 0 Å². The lowest BCUT2D eigenvalue weighted by molar-refractivity contribution is -0.158. The quantitative estimate of drug-likeness (QED) is 0.631. The summed E-state index contributed by atoms with van der Waals surface area (Å²) in [6.07, 6.45) is 4.59. The second-order valence-corrected chi connectivity index (χ2v) is 6.36. The van der Waals surface area contributed by atoms with Crippen LogP contribution in [0, 0.1) is 6.92 Å². The van der Waals surface area contributed by atoms with Gasteiger partial charge in [0, 0.05) is 17.5 Å². The van der Waals surface area contributed by atoms with E-state index in [1.165, 1.54) is 12.5 Å². The number of rotatable bonds is 4. The molecule has 1 aliphatic rings. The summed E-state index contributed by atoms with van der Waals surface area (Å²) < 4.78 is 16.4. The molecule has 1 saturated carbocycles. The average molecular weight is 330 g/mol. The molecular weight excluding hydrogens is 308 g/mol. The van der Waals surface area contributed by atoms with Gasteiger partial charge in [0.2, 0.25) is 0 Å². The van der Waals surface area contributed by atoms with Gasteiger partial charge >= 0.3 is 11.6 Å². The van der Waals surface area contributed by atoms with Crippen LogP contribution in [0.2, 0.25) is 0 Å². The molecule has 1 heterocycles. The standard InChI is InChI=1S/C19H22O5/c1-12-10-18(20)24-17-11-15(8-9-16(12)17)22-13(2)19(21)23-14-6-4-3-5-7-14/h8-11,13-14H,3-7H2,1-2H3/t13-/m0/s1. The van der Waals surface area contributed by atoms with E-state index in [4.69, 9.17) is 13.9 Å². The lowest BCUT2D eigenvalue weighted by Crippen LogP contribution is -2.31. The van der Waals surface area contributed by atoms with E-state index in [1.807, 2.05) is 13.0 Å². The van der Waals surface area contributed by atoms with Crippen molar-refractivity contribution in [3.63, 3.8) is 0 Å². The zero-order valence-corrected chi connectivity index (χ0v) is 14.0. The number of carbonyl (C=O) groups is 1. The summed E-state index contributed by atoms with van der Waals surface area (Å²) in [5.74, 6) is 0.122. The van der Waals surface area contributed by atoms with E-state index in [0.29, 0.717) is 11.3 Å². The number of fused-ring (bicyclic) bond motifs is 1. The van der Waals surface area contributed by atoms with Crippen molar-refractivity contribution in [3.8, 4) is 5.75 Å². The Morgan fingerprint density at radius 3 is 2.71 bits per heavy atom. The highest BCUT2D eigenvalue weighted by Gasteiger charge is 2.23. The molecule has 1 atom stereocenters. The van der Waals surface area contributed by atoms with Crippen molar-refractivity contribution in [2.45, 2.75) is 58.2 Å². The van der Waals surface area contributed by atoms with Gasteiger partial charge in [0.25, 0.3) is 0 Å². The summed E-state index contributed by atoms with van der Waals surface area (Å²) in [7, 11) is 0. The molecule has 0 aliphatic heterocycles. The lowest BCUT2D eigenvalue weighted by Gasteiger charge is -2.23. The van der Waals surface area contributed by atoms with Crippen LogP contribution in [0.3, 0.4) is 0 Å². The molecule has 0 amide bonds. The predicted molar refractivity (Wildman–Crippen MR) is 90.3 cm³/mol. The Balaban J connectivity index is 1.69. The van der Waals surface area contributed by atoms with Gasteiger partial charge in [-0.2, -0.15) is 0 Å². The van der Waals surface area contributed by atoms with Gasteiger partial charge in [-0.15, -0.1) is 0 Å². The van der Waals surface area contributed by atoms with Gasteiger partial charge in [-0.1, -0.05) is 6.42 Å². The Kier molecular flexibility index (Phi) is 4.88. The molecule has 1 aromatic carbocycles. The number of ether oxygens (including phenoxy) is 2. The molecular formula is C19H22O5. The first-order valence-corrected chi connectivity index (χ1v) is 8.44. The van der Waals surface area contributed by atoms with Crippen LogP contribution < -0.4 is 10.4 Å². The number of benzene rings is 1.